The van der Waals surface area contributed by atoms with Crippen molar-refractivity contribution >= 4 is 29.3 Å². The summed E-state index contributed by atoms with van der Waals surface area (Å²) in [6, 6.07) is 14.0. The van der Waals surface area contributed by atoms with E-state index >= 15 is 0 Å². The van der Waals surface area contributed by atoms with Crippen molar-refractivity contribution in [1.82, 2.24) is 0 Å². The number of nitrogens with zero attached hydrogens (tertiary/aromatic N) is 1. The molecule has 0 unspecified atom stereocenters. The Hall–Kier alpha value is -2.60. The fraction of sp³-hybridized carbons (Fsp3) is 0.111. The predicted molar refractivity (Wildman–Crippen MR) is 97.0 cm³/mol. The van der Waals surface area contributed by atoms with Gasteiger partial charge in [0, 0.05) is 41.2 Å². The van der Waals surface area contributed by atoms with Crippen LogP contribution in [0.15, 0.2) is 63.9 Å². The molecular weight excluding hydrogens is 327 g/mol. The summed E-state index contributed by atoms with van der Waals surface area (Å²) in [5.74, 6) is -1.41. The van der Waals surface area contributed by atoms with Gasteiger partial charge in [-0.3, -0.25) is 0 Å². The van der Waals surface area contributed by atoms with E-state index in [4.69, 9.17) is 5.11 Å². The van der Waals surface area contributed by atoms with Crippen molar-refractivity contribution in [1.29, 1.82) is 0 Å². The van der Waals surface area contributed by atoms with E-state index in [1.54, 1.807) is 19.2 Å². The van der Waals surface area contributed by atoms with E-state index in [0.717, 1.165) is 17.5 Å². The number of halogens is 1. The minimum Gasteiger partial charge on any atom is -0.478 e. The van der Waals surface area contributed by atoms with Crippen molar-refractivity contribution in [3.05, 3.63) is 76.5 Å². The average Bonchev–Trinajstić information content (AvgIpc) is 2.59. The first kappa shape index (κ1) is 17.7. The minimum absolute atomic E-state index is 0.165. The third kappa shape index (κ3) is 4.23. The molecule has 24 heavy (non-hydrogen) atoms. The van der Waals surface area contributed by atoms with Gasteiger partial charge in [-0.1, -0.05) is 36.4 Å². The lowest BCUT2D eigenvalue weighted by Gasteiger charge is -2.13. The highest BCUT2D eigenvalue weighted by atomic mass is 32.2. The third-order valence-corrected chi connectivity index (χ3v) is 4.02. The molecule has 0 saturated heterocycles. The van der Waals surface area contributed by atoms with Crippen molar-refractivity contribution in [2.45, 2.75) is 6.92 Å². The van der Waals surface area contributed by atoms with E-state index in [9.17, 15) is 9.18 Å². The summed E-state index contributed by atoms with van der Waals surface area (Å²) in [6.45, 7) is 1.48. The molecule has 0 saturated carbocycles. The van der Waals surface area contributed by atoms with Crippen LogP contribution in [-0.2, 0) is 4.79 Å². The van der Waals surface area contributed by atoms with Crippen LogP contribution in [0.1, 0.15) is 18.1 Å². The molecule has 0 aliphatic rings. The molecule has 6 heteroatoms. The van der Waals surface area contributed by atoms with Crippen LogP contribution >= 0.6 is 11.9 Å². The molecule has 2 N–H and O–H groups in total. The van der Waals surface area contributed by atoms with Crippen LogP contribution in [0.3, 0.4) is 0 Å². The standard InChI is InChI=1S/C18H17FN2O2S/c1-12(18(22)23)11-24-21-17(13-7-4-3-5-8-13)16-14(19)9-6-10-15(16)20-2/h3-11,20H,1-2H3,(H,22,23)/b12-11+,21-17-. The summed E-state index contributed by atoms with van der Waals surface area (Å²) in [5, 5.41) is 13.3. The number of carboxylic acid groups (broad SMARTS) is 1. The Morgan fingerprint density at radius 2 is 1.92 bits per heavy atom. The van der Waals surface area contributed by atoms with E-state index in [1.165, 1.54) is 18.4 Å². The van der Waals surface area contributed by atoms with Crippen molar-refractivity contribution in [2.75, 3.05) is 12.4 Å². The number of aliphatic carboxylic acids is 1. The normalized spacial score (nSPS) is 12.1. The van der Waals surface area contributed by atoms with Crippen molar-refractivity contribution in [3.8, 4) is 0 Å². The highest BCUT2D eigenvalue weighted by Gasteiger charge is 2.16. The van der Waals surface area contributed by atoms with Gasteiger partial charge < -0.3 is 10.4 Å². The van der Waals surface area contributed by atoms with E-state index in [2.05, 4.69) is 9.71 Å². The maximum atomic E-state index is 14.4. The number of carbonyl (C=O) groups is 1. The molecule has 0 atom stereocenters. The SMILES string of the molecule is CNc1cccc(F)c1/C(=N\S/C=C(\C)C(=O)O)c1ccccc1. The van der Waals surface area contributed by atoms with Crippen molar-refractivity contribution in [3.63, 3.8) is 0 Å². The fourth-order valence-corrected chi connectivity index (χ4v) is 2.63. The Kier molecular flexibility index (Phi) is 6.14. The molecule has 4 nitrogen and oxygen atoms in total. The number of carboxylic acids is 1. The molecule has 2 rings (SSSR count). The second-order valence-electron chi connectivity index (χ2n) is 4.93. The molecule has 0 aliphatic heterocycles. The molecular formula is C18H17FN2O2S. The van der Waals surface area contributed by atoms with Gasteiger partial charge in [-0.15, -0.1) is 0 Å². The van der Waals surface area contributed by atoms with Crippen LogP contribution in [0.4, 0.5) is 10.1 Å². The summed E-state index contributed by atoms with van der Waals surface area (Å²) >= 11 is 0.966. The van der Waals surface area contributed by atoms with Gasteiger partial charge >= 0.3 is 5.97 Å². The van der Waals surface area contributed by atoms with E-state index in [0.29, 0.717) is 17.0 Å². The first-order valence-corrected chi connectivity index (χ1v) is 8.04. The Bertz CT molecular complexity index is 789. The largest absolute Gasteiger partial charge is 0.478 e. The van der Waals surface area contributed by atoms with Crippen LogP contribution in [0.5, 0.6) is 0 Å². The summed E-state index contributed by atoms with van der Waals surface area (Å²) in [5.41, 5.74) is 2.31. The number of nitrogens with one attached hydrogen (secondary N) is 1. The lowest BCUT2D eigenvalue weighted by Crippen LogP contribution is -2.09. The van der Waals surface area contributed by atoms with Gasteiger partial charge in [0.15, 0.2) is 0 Å². The lowest BCUT2D eigenvalue weighted by molar-refractivity contribution is -0.132. The van der Waals surface area contributed by atoms with Gasteiger partial charge in [-0.05, 0) is 19.1 Å². The Morgan fingerprint density at radius 3 is 2.54 bits per heavy atom. The van der Waals surface area contributed by atoms with E-state index < -0.39 is 11.8 Å². The second-order valence-corrected chi connectivity index (χ2v) is 5.56. The van der Waals surface area contributed by atoms with Crippen LogP contribution in [0.2, 0.25) is 0 Å². The zero-order valence-electron chi connectivity index (χ0n) is 13.3. The smallest absolute Gasteiger partial charge is 0.331 e. The third-order valence-electron chi connectivity index (χ3n) is 3.28. The number of hydrogen-bond donors (Lipinski definition) is 2. The Morgan fingerprint density at radius 1 is 1.21 bits per heavy atom. The maximum absolute atomic E-state index is 14.4. The van der Waals surface area contributed by atoms with Crippen LogP contribution in [0, 0.1) is 5.82 Å². The lowest BCUT2D eigenvalue weighted by atomic mass is 10.0. The Labute approximate surface area is 144 Å². The van der Waals surface area contributed by atoms with Gasteiger partial charge in [-0.25, -0.2) is 13.6 Å². The second kappa shape index (κ2) is 8.31. The monoisotopic (exact) mass is 344 g/mol. The predicted octanol–water partition coefficient (Wildman–Crippen LogP) is 4.34. The minimum atomic E-state index is -1.01. The summed E-state index contributed by atoms with van der Waals surface area (Å²) in [6.07, 6.45) is 0. The fourth-order valence-electron chi connectivity index (χ4n) is 2.02. The van der Waals surface area contributed by atoms with Crippen LogP contribution in [-0.4, -0.2) is 23.8 Å². The van der Waals surface area contributed by atoms with E-state index in [1.807, 2.05) is 30.3 Å². The van der Waals surface area contributed by atoms with Gasteiger partial charge in [0.05, 0.1) is 11.3 Å². The zero-order chi connectivity index (χ0) is 17.5. The Balaban J connectivity index is 2.53. The molecule has 0 heterocycles. The van der Waals surface area contributed by atoms with Crippen LogP contribution in [0.25, 0.3) is 0 Å². The highest BCUT2D eigenvalue weighted by Crippen LogP contribution is 2.25. The summed E-state index contributed by atoms with van der Waals surface area (Å²) in [7, 11) is 1.71. The molecule has 0 spiro atoms. The van der Waals surface area contributed by atoms with Crippen molar-refractivity contribution < 1.29 is 14.3 Å². The highest BCUT2D eigenvalue weighted by molar-refractivity contribution is 8.01. The van der Waals surface area contributed by atoms with Gasteiger partial charge in [0.25, 0.3) is 0 Å². The van der Waals surface area contributed by atoms with E-state index in [-0.39, 0.29) is 5.57 Å². The number of rotatable bonds is 6. The first-order chi connectivity index (χ1) is 11.5. The summed E-state index contributed by atoms with van der Waals surface area (Å²) < 4.78 is 18.8. The molecule has 0 aliphatic carbocycles. The number of benzene rings is 2. The maximum Gasteiger partial charge on any atom is 0.331 e. The molecule has 0 radical (unpaired) electrons. The quantitative estimate of drug-likeness (QED) is 0.465. The molecule has 2 aromatic carbocycles. The van der Waals surface area contributed by atoms with Gasteiger partial charge in [-0.2, -0.15) is 0 Å². The molecule has 0 amide bonds. The first-order valence-electron chi connectivity index (χ1n) is 7.20. The zero-order valence-corrected chi connectivity index (χ0v) is 14.1. The molecule has 124 valence electrons. The van der Waals surface area contributed by atoms with Gasteiger partial charge in [0.2, 0.25) is 0 Å². The molecule has 0 aromatic heterocycles. The topological polar surface area (TPSA) is 61.7 Å². The summed E-state index contributed by atoms with van der Waals surface area (Å²) in [4.78, 5) is 10.9. The molecule has 2 aromatic rings. The van der Waals surface area contributed by atoms with Crippen LogP contribution < -0.4 is 5.32 Å². The average molecular weight is 344 g/mol. The van der Waals surface area contributed by atoms with Gasteiger partial charge in [0.1, 0.15) is 5.82 Å². The molecule has 0 fully saturated rings. The van der Waals surface area contributed by atoms with Crippen molar-refractivity contribution in [2.24, 2.45) is 4.40 Å². The number of hydrogen-bond acceptors (Lipinski definition) is 4. The molecule has 0 bridgehead atoms. The number of anilines is 1.